The van der Waals surface area contributed by atoms with E-state index in [-0.39, 0.29) is 13.3 Å². The molecule has 3 heterocycles. The number of fused-ring (bicyclic) bond motifs is 1. The minimum absolute atomic E-state index is 0.203. The number of amides is 2. The lowest BCUT2D eigenvalue weighted by Crippen LogP contribution is -2.43. The second-order valence-corrected chi connectivity index (χ2v) is 7.22. The van der Waals surface area contributed by atoms with Gasteiger partial charge in [0.05, 0.1) is 0 Å². The number of carbonyl (C=O) groups is 2. The molecule has 0 atom stereocenters. The first kappa shape index (κ1) is 19.0. The molecule has 1 saturated heterocycles. The lowest BCUT2D eigenvalue weighted by Gasteiger charge is -2.33. The van der Waals surface area contributed by atoms with E-state index in [2.05, 4.69) is 20.5 Å². The van der Waals surface area contributed by atoms with E-state index in [0.29, 0.717) is 24.0 Å². The van der Waals surface area contributed by atoms with E-state index in [0.717, 1.165) is 31.5 Å². The van der Waals surface area contributed by atoms with Crippen LogP contribution in [-0.4, -0.2) is 43.2 Å². The highest BCUT2D eigenvalue weighted by Gasteiger charge is 2.21. The predicted octanol–water partition coefficient (Wildman–Crippen LogP) is 1.46. The summed E-state index contributed by atoms with van der Waals surface area (Å²) in [5.41, 5.74) is 2.02. The molecule has 4 rings (SSSR count). The molecule has 2 aromatic rings. The van der Waals surface area contributed by atoms with Gasteiger partial charge in [-0.15, -0.1) is 0 Å². The first-order chi connectivity index (χ1) is 14.2. The molecule has 2 aliphatic heterocycles. The summed E-state index contributed by atoms with van der Waals surface area (Å²) >= 11 is 0. The number of piperidine rings is 1. The smallest absolute Gasteiger partial charge is 0.309 e. The van der Waals surface area contributed by atoms with Crippen molar-refractivity contribution in [1.82, 2.24) is 15.6 Å². The lowest BCUT2D eigenvalue weighted by atomic mass is 9.96. The topological polar surface area (TPSA) is 92.8 Å². The van der Waals surface area contributed by atoms with Gasteiger partial charge in [-0.05, 0) is 48.6 Å². The number of hydrogen-bond acceptors (Lipinski definition) is 6. The van der Waals surface area contributed by atoms with Gasteiger partial charge < -0.3 is 25.0 Å². The van der Waals surface area contributed by atoms with Gasteiger partial charge in [-0.1, -0.05) is 6.07 Å². The standard InChI is InChI=1S/C21H24N4O4/c26-20(21(27)24-13-16-1-2-18-19(11-16)29-14-28-18)23-12-15-5-9-25(10-6-15)17-3-7-22-8-4-17/h1-4,7-8,11,15H,5-6,9-10,12-14H2,(H,23,26)(H,24,27). The predicted molar refractivity (Wildman–Crippen MR) is 107 cm³/mol. The Hall–Kier alpha value is -3.29. The van der Waals surface area contributed by atoms with E-state index in [1.807, 2.05) is 18.2 Å². The molecule has 0 spiro atoms. The largest absolute Gasteiger partial charge is 0.454 e. The zero-order valence-corrected chi connectivity index (χ0v) is 16.1. The number of anilines is 1. The van der Waals surface area contributed by atoms with Gasteiger partial charge in [0, 0.05) is 44.3 Å². The van der Waals surface area contributed by atoms with E-state index in [9.17, 15) is 9.59 Å². The Bertz CT molecular complexity index is 866. The molecule has 2 aliphatic rings. The SMILES string of the molecule is O=C(NCc1ccc2c(c1)OCO2)C(=O)NCC1CCN(c2ccncc2)CC1. The molecule has 0 bridgehead atoms. The lowest BCUT2D eigenvalue weighted by molar-refractivity contribution is -0.139. The van der Waals surface area contributed by atoms with Crippen LogP contribution in [0.5, 0.6) is 11.5 Å². The molecule has 29 heavy (non-hydrogen) atoms. The molecule has 0 aliphatic carbocycles. The van der Waals surface area contributed by atoms with Gasteiger partial charge in [0.25, 0.3) is 0 Å². The third-order valence-corrected chi connectivity index (χ3v) is 5.29. The molecule has 152 valence electrons. The van der Waals surface area contributed by atoms with Crippen LogP contribution in [0.1, 0.15) is 18.4 Å². The maximum absolute atomic E-state index is 12.1. The van der Waals surface area contributed by atoms with E-state index >= 15 is 0 Å². The van der Waals surface area contributed by atoms with Gasteiger partial charge in [-0.25, -0.2) is 0 Å². The average Bonchev–Trinajstić information content (AvgIpc) is 3.24. The number of rotatable bonds is 5. The van der Waals surface area contributed by atoms with E-state index < -0.39 is 11.8 Å². The van der Waals surface area contributed by atoms with E-state index in [1.165, 1.54) is 5.69 Å². The van der Waals surface area contributed by atoms with Gasteiger partial charge >= 0.3 is 11.8 Å². The van der Waals surface area contributed by atoms with Crippen LogP contribution in [0.15, 0.2) is 42.7 Å². The molecule has 2 amide bonds. The number of nitrogens with zero attached hydrogens (tertiary/aromatic N) is 2. The van der Waals surface area contributed by atoms with Crippen LogP contribution in [0.2, 0.25) is 0 Å². The fourth-order valence-electron chi connectivity index (χ4n) is 3.58. The molecule has 8 nitrogen and oxygen atoms in total. The highest BCUT2D eigenvalue weighted by molar-refractivity contribution is 6.35. The fraction of sp³-hybridized carbons (Fsp3) is 0.381. The Labute approximate surface area is 169 Å². The number of carbonyl (C=O) groups excluding carboxylic acids is 2. The molecule has 1 aromatic heterocycles. The normalized spacial score (nSPS) is 15.8. The quantitative estimate of drug-likeness (QED) is 0.744. The first-order valence-electron chi connectivity index (χ1n) is 9.78. The maximum Gasteiger partial charge on any atom is 0.309 e. The molecule has 0 saturated carbocycles. The molecule has 1 fully saturated rings. The van der Waals surface area contributed by atoms with Crippen LogP contribution in [0, 0.1) is 5.92 Å². The Morgan fingerprint density at radius 3 is 2.52 bits per heavy atom. The van der Waals surface area contributed by atoms with Crippen molar-refractivity contribution in [3.8, 4) is 11.5 Å². The zero-order chi connectivity index (χ0) is 20.1. The molecule has 2 N–H and O–H groups in total. The summed E-state index contributed by atoms with van der Waals surface area (Å²) in [6.07, 6.45) is 5.54. The summed E-state index contributed by atoms with van der Waals surface area (Å²) in [5, 5.41) is 5.41. The number of benzene rings is 1. The molecule has 8 heteroatoms. The molecule has 0 radical (unpaired) electrons. The summed E-state index contributed by atoms with van der Waals surface area (Å²) in [7, 11) is 0. The van der Waals surface area contributed by atoms with Gasteiger partial charge in [-0.2, -0.15) is 0 Å². The van der Waals surface area contributed by atoms with Crippen molar-refractivity contribution in [2.45, 2.75) is 19.4 Å². The molecular weight excluding hydrogens is 372 g/mol. The minimum Gasteiger partial charge on any atom is -0.454 e. The third-order valence-electron chi connectivity index (χ3n) is 5.29. The van der Waals surface area contributed by atoms with Crippen LogP contribution < -0.4 is 25.0 Å². The number of pyridine rings is 1. The van der Waals surface area contributed by atoms with Gasteiger partial charge in [0.2, 0.25) is 6.79 Å². The van der Waals surface area contributed by atoms with Crippen molar-refractivity contribution in [1.29, 1.82) is 0 Å². The van der Waals surface area contributed by atoms with Gasteiger partial charge in [-0.3, -0.25) is 14.6 Å². The average molecular weight is 396 g/mol. The van der Waals surface area contributed by atoms with Crippen molar-refractivity contribution in [2.75, 3.05) is 31.3 Å². The summed E-state index contributed by atoms with van der Waals surface area (Å²) < 4.78 is 10.6. The number of nitrogens with one attached hydrogen (secondary N) is 2. The number of hydrogen-bond donors (Lipinski definition) is 2. The van der Waals surface area contributed by atoms with E-state index in [4.69, 9.17) is 9.47 Å². The summed E-state index contributed by atoms with van der Waals surface area (Å²) in [6.45, 7) is 2.84. The van der Waals surface area contributed by atoms with E-state index in [1.54, 1.807) is 24.5 Å². The fourth-order valence-corrected chi connectivity index (χ4v) is 3.58. The maximum atomic E-state index is 12.1. The Kier molecular flexibility index (Phi) is 5.79. The minimum atomic E-state index is -0.628. The summed E-state index contributed by atoms with van der Waals surface area (Å²) in [5.74, 6) is 0.491. The molecular formula is C21H24N4O4. The Morgan fingerprint density at radius 1 is 1.00 bits per heavy atom. The van der Waals surface area contributed by atoms with Crippen molar-refractivity contribution in [3.05, 3.63) is 48.3 Å². The third kappa shape index (κ3) is 4.77. The Morgan fingerprint density at radius 2 is 1.72 bits per heavy atom. The van der Waals surface area contributed by atoms with Crippen LogP contribution in [0.4, 0.5) is 5.69 Å². The number of ether oxygens (including phenoxy) is 2. The molecule has 0 unspecified atom stereocenters. The zero-order valence-electron chi connectivity index (χ0n) is 16.1. The van der Waals surface area contributed by atoms with Crippen molar-refractivity contribution in [2.24, 2.45) is 5.92 Å². The second-order valence-electron chi connectivity index (χ2n) is 7.22. The number of aromatic nitrogens is 1. The van der Waals surface area contributed by atoms with Gasteiger partial charge in [0.1, 0.15) is 0 Å². The van der Waals surface area contributed by atoms with Crippen molar-refractivity contribution >= 4 is 17.5 Å². The Balaban J connectivity index is 1.17. The second kappa shape index (κ2) is 8.81. The summed E-state index contributed by atoms with van der Waals surface area (Å²) in [4.78, 5) is 30.5. The highest BCUT2D eigenvalue weighted by Crippen LogP contribution is 2.32. The highest BCUT2D eigenvalue weighted by atomic mass is 16.7. The van der Waals surface area contributed by atoms with Crippen LogP contribution >= 0.6 is 0 Å². The first-order valence-corrected chi connectivity index (χ1v) is 9.78. The van der Waals surface area contributed by atoms with Crippen LogP contribution in [0.3, 0.4) is 0 Å². The van der Waals surface area contributed by atoms with Crippen LogP contribution in [0.25, 0.3) is 0 Å². The van der Waals surface area contributed by atoms with Crippen molar-refractivity contribution in [3.63, 3.8) is 0 Å². The summed E-state index contributed by atoms with van der Waals surface area (Å²) in [6, 6.07) is 9.45. The molecule has 1 aromatic carbocycles. The van der Waals surface area contributed by atoms with Crippen LogP contribution in [-0.2, 0) is 16.1 Å². The van der Waals surface area contributed by atoms with Gasteiger partial charge in [0.15, 0.2) is 11.5 Å². The van der Waals surface area contributed by atoms with Crippen molar-refractivity contribution < 1.29 is 19.1 Å². The monoisotopic (exact) mass is 396 g/mol.